The van der Waals surface area contributed by atoms with E-state index >= 15 is 0 Å². The Hall–Kier alpha value is -5.07. The predicted octanol–water partition coefficient (Wildman–Crippen LogP) is 3.92. The molecule has 1 aliphatic rings. The van der Waals surface area contributed by atoms with Crippen molar-refractivity contribution in [2.24, 2.45) is 4.99 Å². The Bertz CT molecular complexity index is 1900. The van der Waals surface area contributed by atoms with E-state index in [0.29, 0.717) is 44.3 Å². The van der Waals surface area contributed by atoms with Crippen molar-refractivity contribution in [3.8, 4) is 11.5 Å². The second-order valence-electron chi connectivity index (χ2n) is 9.74. The third kappa shape index (κ3) is 6.46. The minimum atomic E-state index is -0.877. The summed E-state index contributed by atoms with van der Waals surface area (Å²) in [5, 5.41) is 11.1. The molecule has 1 aromatic heterocycles. The largest absolute Gasteiger partial charge is 0.493 e. The van der Waals surface area contributed by atoms with Gasteiger partial charge in [-0.25, -0.2) is 9.79 Å². The molecule has 0 bridgehead atoms. The number of esters is 1. The van der Waals surface area contributed by atoms with Gasteiger partial charge in [-0.05, 0) is 54.0 Å². The van der Waals surface area contributed by atoms with Crippen LogP contribution in [0, 0.1) is 10.1 Å². The van der Waals surface area contributed by atoms with Gasteiger partial charge in [0.05, 0.1) is 40.5 Å². The van der Waals surface area contributed by atoms with Gasteiger partial charge in [-0.1, -0.05) is 47.7 Å². The SMILES string of the molecule is COCCOC(=O)C1=C(C)N=c2sc(=Cc3ccc([N+](=O)[O-])cc3)c(=O)n2C1c1ccc(OCc2ccccc2)c(OC)c1. The predicted molar refractivity (Wildman–Crippen MR) is 163 cm³/mol. The number of non-ortho nitro benzene ring substituents is 1. The van der Waals surface area contributed by atoms with Crippen molar-refractivity contribution in [3.05, 3.63) is 131 Å². The highest BCUT2D eigenvalue weighted by Crippen LogP contribution is 2.36. The average molecular weight is 616 g/mol. The molecule has 0 radical (unpaired) electrons. The fraction of sp³-hybridized carbons (Fsp3) is 0.219. The second kappa shape index (κ2) is 13.5. The summed E-state index contributed by atoms with van der Waals surface area (Å²) < 4.78 is 24.0. The fourth-order valence-electron chi connectivity index (χ4n) is 4.75. The summed E-state index contributed by atoms with van der Waals surface area (Å²) in [7, 11) is 3.02. The van der Waals surface area contributed by atoms with Crippen molar-refractivity contribution >= 4 is 29.1 Å². The molecule has 1 unspecified atom stereocenters. The lowest BCUT2D eigenvalue weighted by molar-refractivity contribution is -0.384. The van der Waals surface area contributed by atoms with Crippen LogP contribution in [-0.4, -0.2) is 42.9 Å². The number of allylic oxidation sites excluding steroid dienone is 1. The lowest BCUT2D eigenvalue weighted by Crippen LogP contribution is -2.40. The number of fused-ring (bicyclic) bond motifs is 1. The number of methoxy groups -OCH3 is 2. The Morgan fingerprint density at radius 3 is 2.48 bits per heavy atom. The van der Waals surface area contributed by atoms with Crippen LogP contribution < -0.4 is 24.4 Å². The lowest BCUT2D eigenvalue weighted by Gasteiger charge is -2.25. The molecule has 1 atom stereocenters. The summed E-state index contributed by atoms with van der Waals surface area (Å²) in [4.78, 5) is 42.9. The number of hydrogen-bond donors (Lipinski definition) is 0. The van der Waals surface area contributed by atoms with Crippen LogP contribution in [0.2, 0.25) is 0 Å². The molecule has 1 aliphatic heterocycles. The number of nitro benzene ring substituents is 1. The van der Waals surface area contributed by atoms with E-state index in [4.69, 9.17) is 18.9 Å². The van der Waals surface area contributed by atoms with E-state index in [1.165, 1.54) is 30.9 Å². The first-order valence-corrected chi connectivity index (χ1v) is 14.4. The standard InChI is InChI=1S/C32H29N3O8S/c1-20-28(31(37)42-16-15-40-2)29(23-11-14-25(26(18-23)41-3)43-19-22-7-5-4-6-8-22)34-30(36)27(44-32(34)33-20)17-21-9-12-24(13-10-21)35(38)39/h4-14,17-18,29H,15-16,19H2,1-3H3. The summed E-state index contributed by atoms with van der Waals surface area (Å²) in [6, 6.07) is 20.0. The first-order valence-electron chi connectivity index (χ1n) is 13.6. The molecule has 0 N–H and O–H groups in total. The minimum Gasteiger partial charge on any atom is -0.493 e. The van der Waals surface area contributed by atoms with Gasteiger partial charge in [0.2, 0.25) is 0 Å². The van der Waals surface area contributed by atoms with Crippen molar-refractivity contribution in [2.45, 2.75) is 19.6 Å². The van der Waals surface area contributed by atoms with Crippen LogP contribution in [0.1, 0.15) is 29.7 Å². The number of hydrogen-bond acceptors (Lipinski definition) is 10. The van der Waals surface area contributed by atoms with Gasteiger partial charge in [-0.15, -0.1) is 0 Å². The van der Waals surface area contributed by atoms with Gasteiger partial charge in [-0.3, -0.25) is 19.5 Å². The molecule has 11 nitrogen and oxygen atoms in total. The molecule has 44 heavy (non-hydrogen) atoms. The first-order chi connectivity index (χ1) is 21.3. The third-order valence-electron chi connectivity index (χ3n) is 6.90. The summed E-state index contributed by atoms with van der Waals surface area (Å²) in [6.45, 7) is 2.25. The quantitative estimate of drug-likeness (QED) is 0.107. The third-order valence-corrected chi connectivity index (χ3v) is 7.89. The van der Waals surface area contributed by atoms with Crippen LogP contribution in [0.5, 0.6) is 11.5 Å². The summed E-state index contributed by atoms with van der Waals surface area (Å²) in [5.41, 5.74) is 2.35. The zero-order valence-corrected chi connectivity index (χ0v) is 25.0. The van der Waals surface area contributed by atoms with Gasteiger partial charge in [0, 0.05) is 19.2 Å². The smallest absolute Gasteiger partial charge is 0.338 e. The fourth-order valence-corrected chi connectivity index (χ4v) is 5.79. The molecule has 0 fully saturated rings. The van der Waals surface area contributed by atoms with Crippen molar-refractivity contribution in [1.29, 1.82) is 0 Å². The van der Waals surface area contributed by atoms with Crippen LogP contribution in [0.4, 0.5) is 5.69 Å². The number of nitrogens with zero attached hydrogens (tertiary/aromatic N) is 3. The highest BCUT2D eigenvalue weighted by molar-refractivity contribution is 7.07. The van der Waals surface area contributed by atoms with Gasteiger partial charge in [0.15, 0.2) is 16.3 Å². The van der Waals surface area contributed by atoms with Crippen molar-refractivity contribution < 1.29 is 28.7 Å². The Morgan fingerprint density at radius 2 is 1.80 bits per heavy atom. The summed E-state index contributed by atoms with van der Waals surface area (Å²) in [6.07, 6.45) is 1.64. The van der Waals surface area contributed by atoms with Crippen molar-refractivity contribution in [1.82, 2.24) is 4.57 Å². The first kappa shape index (κ1) is 30.4. The van der Waals surface area contributed by atoms with Crippen LogP contribution >= 0.6 is 11.3 Å². The molecule has 0 amide bonds. The van der Waals surface area contributed by atoms with Gasteiger partial charge in [-0.2, -0.15) is 0 Å². The number of aromatic nitrogens is 1. The molecular weight excluding hydrogens is 586 g/mol. The monoisotopic (exact) mass is 615 g/mol. The van der Waals surface area contributed by atoms with Gasteiger partial charge >= 0.3 is 5.97 Å². The lowest BCUT2D eigenvalue weighted by atomic mass is 9.95. The maximum atomic E-state index is 13.9. The second-order valence-corrected chi connectivity index (χ2v) is 10.8. The molecule has 4 aromatic rings. The summed E-state index contributed by atoms with van der Waals surface area (Å²) in [5.74, 6) is 0.296. The highest BCUT2D eigenvalue weighted by Gasteiger charge is 2.34. The maximum absolute atomic E-state index is 13.9. The molecule has 0 spiro atoms. The molecule has 12 heteroatoms. The van der Waals surface area contributed by atoms with Crippen LogP contribution in [0.15, 0.2) is 93.9 Å². The average Bonchev–Trinajstić information content (AvgIpc) is 3.33. The Morgan fingerprint density at radius 1 is 1.05 bits per heavy atom. The van der Waals surface area contributed by atoms with Crippen LogP contribution in [0.3, 0.4) is 0 Å². The normalized spacial score (nSPS) is 14.5. The van der Waals surface area contributed by atoms with E-state index in [9.17, 15) is 19.7 Å². The van der Waals surface area contributed by atoms with E-state index in [-0.39, 0.29) is 30.0 Å². The van der Waals surface area contributed by atoms with E-state index < -0.39 is 16.9 Å². The number of carbonyl (C=O) groups is 1. The van der Waals surface area contributed by atoms with Crippen molar-refractivity contribution in [2.75, 3.05) is 27.4 Å². The Labute approximate surface area is 256 Å². The van der Waals surface area contributed by atoms with E-state index in [0.717, 1.165) is 16.9 Å². The number of benzene rings is 3. The van der Waals surface area contributed by atoms with Crippen LogP contribution in [-0.2, 0) is 20.9 Å². The van der Waals surface area contributed by atoms with Crippen molar-refractivity contribution in [3.63, 3.8) is 0 Å². The molecular formula is C32H29N3O8S. The minimum absolute atomic E-state index is 0.0268. The molecule has 5 rings (SSSR count). The number of nitro groups is 1. The number of rotatable bonds is 11. The summed E-state index contributed by atoms with van der Waals surface area (Å²) >= 11 is 1.16. The Kier molecular flexibility index (Phi) is 9.32. The van der Waals surface area contributed by atoms with E-state index in [1.54, 1.807) is 43.3 Å². The molecule has 3 aromatic carbocycles. The maximum Gasteiger partial charge on any atom is 0.338 e. The molecule has 0 aliphatic carbocycles. The highest BCUT2D eigenvalue weighted by atomic mass is 32.1. The Balaban J connectivity index is 1.59. The van der Waals surface area contributed by atoms with Gasteiger partial charge < -0.3 is 18.9 Å². The number of thiazole rings is 1. The number of ether oxygens (including phenoxy) is 4. The van der Waals surface area contributed by atoms with Crippen LogP contribution in [0.25, 0.3) is 6.08 Å². The van der Waals surface area contributed by atoms with E-state index in [1.807, 2.05) is 30.3 Å². The zero-order valence-electron chi connectivity index (χ0n) is 24.2. The molecule has 226 valence electrons. The molecule has 2 heterocycles. The molecule has 0 saturated carbocycles. The van der Waals surface area contributed by atoms with Gasteiger partial charge in [0.1, 0.15) is 13.2 Å². The zero-order chi connectivity index (χ0) is 31.2. The topological polar surface area (TPSA) is 131 Å². The van der Waals surface area contributed by atoms with E-state index in [2.05, 4.69) is 4.99 Å². The van der Waals surface area contributed by atoms with Gasteiger partial charge in [0.25, 0.3) is 11.2 Å². The molecule has 0 saturated heterocycles. The number of carbonyl (C=O) groups excluding carboxylic acids is 1.